The summed E-state index contributed by atoms with van der Waals surface area (Å²) in [6.45, 7) is 3.98. The Labute approximate surface area is 163 Å². The smallest absolute Gasteiger partial charge is 0.255 e. The van der Waals surface area contributed by atoms with Crippen LogP contribution >= 0.6 is 0 Å². The third-order valence-corrected chi connectivity index (χ3v) is 5.19. The molecule has 1 spiro atoms. The van der Waals surface area contributed by atoms with Crippen LogP contribution in [0.5, 0.6) is 0 Å². The first-order valence-electron chi connectivity index (χ1n) is 9.45. The molecule has 0 bridgehead atoms. The predicted octanol–water partition coefficient (Wildman–Crippen LogP) is 3.01. The lowest BCUT2D eigenvalue weighted by atomic mass is 10.0. The van der Waals surface area contributed by atoms with Crippen LogP contribution in [-0.4, -0.2) is 53.7 Å². The Hall–Kier alpha value is -2.77. The van der Waals surface area contributed by atoms with E-state index in [2.05, 4.69) is 10.3 Å². The highest BCUT2D eigenvalue weighted by atomic mass is 16.7. The van der Waals surface area contributed by atoms with E-state index >= 15 is 0 Å². The van der Waals surface area contributed by atoms with Crippen molar-refractivity contribution in [3.05, 3.63) is 53.9 Å². The second-order valence-corrected chi connectivity index (χ2v) is 7.12. The number of pyridine rings is 1. The van der Waals surface area contributed by atoms with Gasteiger partial charge in [-0.25, -0.2) is 0 Å². The monoisotopic (exact) mass is 381 g/mol. The molecular formula is C21H23N3O4. The number of hydrogen-bond donors (Lipinski definition) is 1. The van der Waals surface area contributed by atoms with Gasteiger partial charge < -0.3 is 19.7 Å². The maximum atomic E-state index is 12.9. The Balaban J connectivity index is 1.41. The van der Waals surface area contributed by atoms with Gasteiger partial charge in [0.1, 0.15) is 0 Å². The number of carbonyl (C=O) groups is 2. The van der Waals surface area contributed by atoms with E-state index in [4.69, 9.17) is 9.47 Å². The number of hydrogen-bond acceptors (Lipinski definition) is 6. The van der Waals surface area contributed by atoms with E-state index in [9.17, 15) is 9.59 Å². The number of nitrogens with one attached hydrogen (secondary N) is 1. The van der Waals surface area contributed by atoms with E-state index in [-0.39, 0.29) is 11.7 Å². The van der Waals surface area contributed by atoms with Crippen LogP contribution in [0.25, 0.3) is 0 Å². The van der Waals surface area contributed by atoms with Gasteiger partial charge in [-0.2, -0.15) is 0 Å². The van der Waals surface area contributed by atoms with Gasteiger partial charge in [-0.05, 0) is 37.3 Å². The average molecular weight is 381 g/mol. The molecule has 0 unspecified atom stereocenters. The average Bonchev–Trinajstić information content (AvgIpc) is 3.16. The molecule has 3 heterocycles. The molecule has 2 fully saturated rings. The number of piperidine rings is 1. The molecule has 1 aromatic carbocycles. The fourth-order valence-corrected chi connectivity index (χ4v) is 3.60. The molecule has 0 saturated carbocycles. The van der Waals surface area contributed by atoms with Crippen LogP contribution in [0.4, 0.5) is 11.4 Å². The Bertz CT molecular complexity index is 865. The number of likely N-dealkylation sites (tertiary alicyclic amines) is 1. The number of benzene rings is 1. The van der Waals surface area contributed by atoms with Crippen molar-refractivity contribution in [2.45, 2.75) is 25.6 Å². The second kappa shape index (κ2) is 7.69. The maximum Gasteiger partial charge on any atom is 0.255 e. The van der Waals surface area contributed by atoms with Gasteiger partial charge in [0.05, 0.1) is 30.7 Å². The molecule has 0 atom stereocenters. The Morgan fingerprint density at radius 1 is 1.00 bits per heavy atom. The van der Waals surface area contributed by atoms with E-state index in [1.54, 1.807) is 30.6 Å². The summed E-state index contributed by atoms with van der Waals surface area (Å²) in [6.07, 6.45) is 4.62. The van der Waals surface area contributed by atoms with Crippen LogP contribution in [0.15, 0.2) is 42.7 Å². The van der Waals surface area contributed by atoms with Crippen molar-refractivity contribution < 1.29 is 19.1 Å². The lowest BCUT2D eigenvalue weighted by Crippen LogP contribution is -2.47. The van der Waals surface area contributed by atoms with E-state index in [0.29, 0.717) is 50.3 Å². The molecule has 0 aliphatic carbocycles. The fraction of sp³-hybridized carbons (Fsp3) is 0.381. The van der Waals surface area contributed by atoms with Gasteiger partial charge in [-0.3, -0.25) is 14.6 Å². The van der Waals surface area contributed by atoms with Crippen molar-refractivity contribution in [1.29, 1.82) is 0 Å². The number of carbonyl (C=O) groups excluding carboxylic acids is 2. The predicted molar refractivity (Wildman–Crippen MR) is 104 cm³/mol. The normalized spacial score (nSPS) is 18.2. The quantitative estimate of drug-likeness (QED) is 0.820. The standard InChI is InChI=1S/C21H23N3O4/c1-15(25)16-2-4-18(5-3-16)23-19-12-17(13-22-14-19)20(26)24-8-6-21(7-9-24)27-10-11-28-21/h2-5,12-14,23H,6-11H2,1H3. The highest BCUT2D eigenvalue weighted by molar-refractivity contribution is 5.95. The number of nitrogens with zero attached hydrogens (tertiary/aromatic N) is 2. The molecule has 0 radical (unpaired) electrons. The summed E-state index contributed by atoms with van der Waals surface area (Å²) in [7, 11) is 0. The summed E-state index contributed by atoms with van der Waals surface area (Å²) in [6, 6.07) is 8.99. The van der Waals surface area contributed by atoms with Gasteiger partial charge >= 0.3 is 0 Å². The second-order valence-electron chi connectivity index (χ2n) is 7.12. The summed E-state index contributed by atoms with van der Waals surface area (Å²) >= 11 is 0. The van der Waals surface area contributed by atoms with Crippen LogP contribution in [0, 0.1) is 0 Å². The highest BCUT2D eigenvalue weighted by Gasteiger charge is 2.40. The largest absolute Gasteiger partial charge is 0.354 e. The van der Waals surface area contributed by atoms with Gasteiger partial charge in [0.2, 0.25) is 0 Å². The minimum Gasteiger partial charge on any atom is -0.354 e. The van der Waals surface area contributed by atoms with Crippen LogP contribution < -0.4 is 5.32 Å². The van der Waals surface area contributed by atoms with Crippen LogP contribution in [-0.2, 0) is 9.47 Å². The maximum absolute atomic E-state index is 12.9. The first-order chi connectivity index (χ1) is 13.5. The molecule has 28 heavy (non-hydrogen) atoms. The van der Waals surface area contributed by atoms with Crippen molar-refractivity contribution in [1.82, 2.24) is 9.88 Å². The van der Waals surface area contributed by atoms with Crippen molar-refractivity contribution in [3.63, 3.8) is 0 Å². The highest BCUT2D eigenvalue weighted by Crippen LogP contribution is 2.31. The number of ether oxygens (including phenoxy) is 2. The van der Waals surface area contributed by atoms with Crippen molar-refractivity contribution >= 4 is 23.1 Å². The molecule has 7 nitrogen and oxygen atoms in total. The summed E-state index contributed by atoms with van der Waals surface area (Å²) in [5, 5.41) is 3.22. The SMILES string of the molecule is CC(=O)c1ccc(Nc2cncc(C(=O)N3CCC4(CC3)OCCO4)c2)cc1. The molecular weight excluding hydrogens is 358 g/mol. The summed E-state index contributed by atoms with van der Waals surface area (Å²) < 4.78 is 11.4. The van der Waals surface area contributed by atoms with Crippen LogP contribution in [0.3, 0.4) is 0 Å². The topological polar surface area (TPSA) is 80.8 Å². The minimum absolute atomic E-state index is 0.0255. The Morgan fingerprint density at radius 3 is 2.32 bits per heavy atom. The molecule has 2 aliphatic heterocycles. The number of amides is 1. The molecule has 1 amide bonds. The van der Waals surface area contributed by atoms with Gasteiger partial charge in [-0.1, -0.05) is 0 Å². The third-order valence-electron chi connectivity index (χ3n) is 5.19. The molecule has 1 N–H and O–H groups in total. The van der Waals surface area contributed by atoms with Gasteiger partial charge in [0.25, 0.3) is 5.91 Å². The summed E-state index contributed by atoms with van der Waals surface area (Å²) in [4.78, 5) is 30.3. The van der Waals surface area contributed by atoms with E-state index in [1.165, 1.54) is 6.92 Å². The first kappa shape index (κ1) is 18.6. The molecule has 2 saturated heterocycles. The Morgan fingerprint density at radius 2 is 1.68 bits per heavy atom. The van der Waals surface area contributed by atoms with Crippen LogP contribution in [0.1, 0.15) is 40.5 Å². The number of rotatable bonds is 4. The number of anilines is 2. The molecule has 1 aromatic heterocycles. The van der Waals surface area contributed by atoms with Gasteiger partial charge in [0.15, 0.2) is 11.6 Å². The minimum atomic E-state index is -0.496. The molecule has 7 heteroatoms. The zero-order chi connectivity index (χ0) is 19.6. The number of ketones is 1. The first-order valence-corrected chi connectivity index (χ1v) is 9.45. The summed E-state index contributed by atoms with van der Waals surface area (Å²) in [5.74, 6) is -0.516. The van der Waals surface area contributed by atoms with Gasteiger partial charge in [-0.15, -0.1) is 0 Å². The zero-order valence-corrected chi connectivity index (χ0v) is 15.8. The zero-order valence-electron chi connectivity index (χ0n) is 15.8. The van der Waals surface area contributed by atoms with Crippen molar-refractivity contribution in [3.8, 4) is 0 Å². The van der Waals surface area contributed by atoms with E-state index in [0.717, 1.165) is 11.4 Å². The number of Topliss-reactive ketones (excluding diaryl/α,β-unsaturated/α-hetero) is 1. The molecule has 4 rings (SSSR count). The molecule has 2 aromatic rings. The van der Waals surface area contributed by atoms with Crippen molar-refractivity contribution in [2.24, 2.45) is 0 Å². The third kappa shape index (κ3) is 3.90. The fourth-order valence-electron chi connectivity index (χ4n) is 3.60. The van der Waals surface area contributed by atoms with Crippen LogP contribution in [0.2, 0.25) is 0 Å². The van der Waals surface area contributed by atoms with Crippen molar-refractivity contribution in [2.75, 3.05) is 31.6 Å². The van der Waals surface area contributed by atoms with E-state index < -0.39 is 5.79 Å². The summed E-state index contributed by atoms with van der Waals surface area (Å²) in [5.41, 5.74) is 2.74. The van der Waals surface area contributed by atoms with Gasteiger partial charge in [0, 0.05) is 43.4 Å². The molecule has 146 valence electrons. The van der Waals surface area contributed by atoms with E-state index in [1.807, 2.05) is 17.0 Å². The molecule has 2 aliphatic rings. The lowest BCUT2D eigenvalue weighted by Gasteiger charge is -2.37. The lowest BCUT2D eigenvalue weighted by molar-refractivity contribution is -0.181. The Kier molecular flexibility index (Phi) is 5.11. The number of aromatic nitrogens is 1.